The first-order chi connectivity index (χ1) is 8.20. The molecule has 0 aromatic carbocycles. The van der Waals surface area contributed by atoms with E-state index in [4.69, 9.17) is 5.84 Å². The maximum Gasteiger partial charge on any atom is 0.0419 e. The Labute approximate surface area is 107 Å². The molecule has 2 unspecified atom stereocenters. The molecule has 1 aromatic rings. The number of hydrazine groups is 1. The summed E-state index contributed by atoms with van der Waals surface area (Å²) in [5, 5.41) is 4.33. The van der Waals surface area contributed by atoms with Gasteiger partial charge in [-0.15, -0.1) is 0 Å². The fourth-order valence-electron chi connectivity index (χ4n) is 2.45. The van der Waals surface area contributed by atoms with Crippen molar-refractivity contribution in [1.82, 2.24) is 15.2 Å². The topological polar surface area (TPSA) is 44.5 Å². The van der Waals surface area contributed by atoms with Crippen molar-refractivity contribution in [3.63, 3.8) is 0 Å². The standard InChI is InChI=1S/C12H22N4S/c1-15-4-5-16(2)12(8-15)11(14-13)7-10-3-6-17-9-10/h3,6,9,11-12,14H,4-5,7-8,13H2,1-2H3. The van der Waals surface area contributed by atoms with Gasteiger partial charge in [0.1, 0.15) is 0 Å². The van der Waals surface area contributed by atoms with Crippen LogP contribution < -0.4 is 11.3 Å². The van der Waals surface area contributed by atoms with E-state index >= 15 is 0 Å². The lowest BCUT2D eigenvalue weighted by molar-refractivity contribution is 0.0877. The first-order valence-corrected chi connectivity index (χ1v) is 7.01. The number of nitrogens with zero attached hydrogens (tertiary/aromatic N) is 2. The van der Waals surface area contributed by atoms with Crippen molar-refractivity contribution >= 4 is 11.3 Å². The molecule has 0 saturated carbocycles. The first kappa shape index (κ1) is 13.0. The lowest BCUT2D eigenvalue weighted by Crippen LogP contribution is -2.60. The summed E-state index contributed by atoms with van der Waals surface area (Å²) in [5.41, 5.74) is 4.37. The van der Waals surface area contributed by atoms with Gasteiger partial charge in [0.05, 0.1) is 0 Å². The van der Waals surface area contributed by atoms with Crippen LogP contribution in [-0.4, -0.2) is 55.6 Å². The molecule has 0 amide bonds. The lowest BCUT2D eigenvalue weighted by atomic mass is 9.98. The molecule has 0 spiro atoms. The molecule has 1 aliphatic rings. The zero-order valence-electron chi connectivity index (χ0n) is 10.6. The molecular weight excluding hydrogens is 232 g/mol. The predicted octanol–water partition coefficient (Wildman–Crippen LogP) is 0.368. The van der Waals surface area contributed by atoms with Gasteiger partial charge in [-0.05, 0) is 42.9 Å². The average Bonchev–Trinajstić information content (AvgIpc) is 2.82. The Morgan fingerprint density at radius 1 is 1.53 bits per heavy atom. The SMILES string of the molecule is CN1CCN(C)C(C(Cc2ccsc2)NN)C1. The van der Waals surface area contributed by atoms with E-state index in [0.29, 0.717) is 12.1 Å². The number of nitrogens with one attached hydrogen (secondary N) is 1. The predicted molar refractivity (Wildman–Crippen MR) is 73.0 cm³/mol. The minimum Gasteiger partial charge on any atom is -0.303 e. The van der Waals surface area contributed by atoms with Crippen LogP contribution in [0.15, 0.2) is 16.8 Å². The second-order valence-electron chi connectivity index (χ2n) is 4.92. The molecule has 0 radical (unpaired) electrons. The monoisotopic (exact) mass is 254 g/mol. The molecule has 96 valence electrons. The van der Waals surface area contributed by atoms with Crippen molar-refractivity contribution in [3.8, 4) is 0 Å². The largest absolute Gasteiger partial charge is 0.303 e. The second-order valence-corrected chi connectivity index (χ2v) is 5.70. The number of likely N-dealkylation sites (N-methyl/N-ethyl adjacent to an activating group) is 2. The number of thiophene rings is 1. The maximum absolute atomic E-state index is 5.74. The van der Waals surface area contributed by atoms with Gasteiger partial charge < -0.3 is 4.90 Å². The molecule has 0 aliphatic carbocycles. The van der Waals surface area contributed by atoms with Crippen LogP contribution in [0.2, 0.25) is 0 Å². The van der Waals surface area contributed by atoms with Crippen LogP contribution in [0.5, 0.6) is 0 Å². The molecule has 2 heterocycles. The van der Waals surface area contributed by atoms with Crippen molar-refractivity contribution in [2.75, 3.05) is 33.7 Å². The molecule has 4 nitrogen and oxygen atoms in total. The molecule has 1 saturated heterocycles. The van der Waals surface area contributed by atoms with Crippen molar-refractivity contribution < 1.29 is 0 Å². The fourth-order valence-corrected chi connectivity index (χ4v) is 3.13. The summed E-state index contributed by atoms with van der Waals surface area (Å²) < 4.78 is 0. The second kappa shape index (κ2) is 5.93. The zero-order chi connectivity index (χ0) is 12.3. The molecule has 0 bridgehead atoms. The number of rotatable bonds is 4. The molecule has 3 N–H and O–H groups in total. The van der Waals surface area contributed by atoms with Crippen LogP contribution >= 0.6 is 11.3 Å². The molecule has 1 fully saturated rings. The summed E-state index contributed by atoms with van der Waals surface area (Å²) >= 11 is 1.75. The van der Waals surface area contributed by atoms with Crippen LogP contribution in [0.25, 0.3) is 0 Å². The molecule has 2 atom stereocenters. The number of hydrogen-bond donors (Lipinski definition) is 2. The minimum atomic E-state index is 0.317. The minimum absolute atomic E-state index is 0.317. The Morgan fingerprint density at radius 3 is 3.00 bits per heavy atom. The van der Waals surface area contributed by atoms with E-state index in [1.165, 1.54) is 5.56 Å². The van der Waals surface area contributed by atoms with E-state index in [1.807, 2.05) is 0 Å². The van der Waals surface area contributed by atoms with E-state index in [2.05, 4.69) is 46.1 Å². The van der Waals surface area contributed by atoms with Crippen LogP contribution in [0, 0.1) is 0 Å². The van der Waals surface area contributed by atoms with Crippen molar-refractivity contribution in [3.05, 3.63) is 22.4 Å². The molecule has 5 heteroatoms. The van der Waals surface area contributed by atoms with E-state index in [9.17, 15) is 0 Å². The van der Waals surface area contributed by atoms with Gasteiger partial charge in [0, 0.05) is 31.7 Å². The first-order valence-electron chi connectivity index (χ1n) is 6.06. The molecule has 1 aliphatic heterocycles. The Morgan fingerprint density at radius 2 is 2.35 bits per heavy atom. The van der Waals surface area contributed by atoms with Crippen molar-refractivity contribution in [2.24, 2.45) is 5.84 Å². The van der Waals surface area contributed by atoms with Crippen LogP contribution in [0.1, 0.15) is 5.56 Å². The van der Waals surface area contributed by atoms with Crippen LogP contribution in [-0.2, 0) is 6.42 Å². The average molecular weight is 254 g/mol. The number of piperazine rings is 1. The third kappa shape index (κ3) is 3.26. The van der Waals surface area contributed by atoms with Gasteiger partial charge in [0.2, 0.25) is 0 Å². The maximum atomic E-state index is 5.74. The Hall–Kier alpha value is -0.460. The summed E-state index contributed by atoms with van der Waals surface area (Å²) in [6, 6.07) is 2.98. The summed E-state index contributed by atoms with van der Waals surface area (Å²) in [6.07, 6.45) is 1.00. The zero-order valence-corrected chi connectivity index (χ0v) is 11.4. The van der Waals surface area contributed by atoms with Gasteiger partial charge in [-0.3, -0.25) is 16.2 Å². The van der Waals surface area contributed by atoms with Crippen molar-refractivity contribution in [1.29, 1.82) is 0 Å². The number of hydrogen-bond acceptors (Lipinski definition) is 5. The summed E-state index contributed by atoms with van der Waals surface area (Å²) in [4.78, 5) is 4.79. The highest BCUT2D eigenvalue weighted by Crippen LogP contribution is 2.15. The van der Waals surface area contributed by atoms with E-state index in [-0.39, 0.29) is 0 Å². The summed E-state index contributed by atoms with van der Waals surface area (Å²) in [7, 11) is 4.37. The Kier molecular flexibility index (Phi) is 4.53. The molecule has 17 heavy (non-hydrogen) atoms. The summed E-state index contributed by atoms with van der Waals surface area (Å²) in [6.45, 7) is 3.33. The van der Waals surface area contributed by atoms with Gasteiger partial charge >= 0.3 is 0 Å². The Bertz CT molecular complexity index is 327. The highest BCUT2D eigenvalue weighted by molar-refractivity contribution is 7.07. The summed E-state index contributed by atoms with van der Waals surface area (Å²) in [5.74, 6) is 5.74. The normalized spacial score (nSPS) is 25.0. The van der Waals surface area contributed by atoms with Gasteiger partial charge in [0.25, 0.3) is 0 Å². The molecule has 2 rings (SSSR count). The third-order valence-electron chi connectivity index (χ3n) is 3.61. The van der Waals surface area contributed by atoms with E-state index in [1.54, 1.807) is 11.3 Å². The smallest absolute Gasteiger partial charge is 0.0419 e. The highest BCUT2D eigenvalue weighted by atomic mass is 32.1. The highest BCUT2D eigenvalue weighted by Gasteiger charge is 2.29. The van der Waals surface area contributed by atoms with Crippen LogP contribution in [0.3, 0.4) is 0 Å². The third-order valence-corrected chi connectivity index (χ3v) is 4.35. The van der Waals surface area contributed by atoms with Gasteiger partial charge in [-0.1, -0.05) is 0 Å². The number of nitrogens with two attached hydrogens (primary N) is 1. The van der Waals surface area contributed by atoms with E-state index in [0.717, 1.165) is 26.1 Å². The molecule has 1 aromatic heterocycles. The lowest BCUT2D eigenvalue weighted by Gasteiger charge is -2.41. The van der Waals surface area contributed by atoms with Gasteiger partial charge in [-0.2, -0.15) is 11.3 Å². The van der Waals surface area contributed by atoms with Gasteiger partial charge in [-0.25, -0.2) is 0 Å². The van der Waals surface area contributed by atoms with Gasteiger partial charge in [0.15, 0.2) is 0 Å². The fraction of sp³-hybridized carbons (Fsp3) is 0.667. The Balaban J connectivity index is 2.01. The molecular formula is C12H22N4S. The van der Waals surface area contributed by atoms with Crippen LogP contribution in [0.4, 0.5) is 0 Å². The van der Waals surface area contributed by atoms with Crippen molar-refractivity contribution in [2.45, 2.75) is 18.5 Å². The quantitative estimate of drug-likeness (QED) is 0.602. The van der Waals surface area contributed by atoms with E-state index < -0.39 is 0 Å².